The SMILES string of the molecule is S.S.S.S.S.S.S.S.[Li]. The van der Waals surface area contributed by atoms with Gasteiger partial charge < -0.3 is 0 Å². The van der Waals surface area contributed by atoms with E-state index in [9.17, 15) is 0 Å². The first-order valence-corrected chi connectivity index (χ1v) is 0. The molecule has 0 unspecified atom stereocenters. The first-order chi connectivity index (χ1) is 0. The number of hydrogen-bond acceptors (Lipinski definition) is 0. The van der Waals surface area contributed by atoms with Crippen LogP contribution in [0.4, 0.5) is 0 Å². The van der Waals surface area contributed by atoms with Crippen LogP contribution < -0.4 is 0 Å². The average molecular weight is 280 g/mol. The van der Waals surface area contributed by atoms with E-state index < -0.39 is 0 Å². The maximum Gasteiger partial charge on any atom is 0 e. The third-order valence-electron chi connectivity index (χ3n) is 0. The Morgan fingerprint density at radius 2 is 0.222 bits per heavy atom. The largest absolute Gasteiger partial charge is 0.197 e. The third-order valence-corrected chi connectivity index (χ3v) is 0. The van der Waals surface area contributed by atoms with Crippen LogP contribution in [0.25, 0.3) is 0 Å². The maximum atomic E-state index is 0. The Labute approximate surface area is 125 Å². The van der Waals surface area contributed by atoms with Gasteiger partial charge in [0.2, 0.25) is 0 Å². The van der Waals surface area contributed by atoms with Gasteiger partial charge in [0.05, 0.1) is 0 Å². The molecule has 0 rings (SSSR count). The van der Waals surface area contributed by atoms with Crippen LogP contribution in [0.15, 0.2) is 0 Å². The molecule has 0 bridgehead atoms. The van der Waals surface area contributed by atoms with Crippen LogP contribution in [0.2, 0.25) is 0 Å². The van der Waals surface area contributed by atoms with Gasteiger partial charge in [0, 0.05) is 18.9 Å². The van der Waals surface area contributed by atoms with Gasteiger partial charge in [-0.3, -0.25) is 0 Å². The first-order valence-electron chi connectivity index (χ1n) is 0. The summed E-state index contributed by atoms with van der Waals surface area (Å²) in [5.74, 6) is 0. The molecule has 9 heavy (non-hydrogen) atoms. The molecule has 0 fully saturated rings. The van der Waals surface area contributed by atoms with Crippen LogP contribution in [0.1, 0.15) is 0 Å². The van der Waals surface area contributed by atoms with Gasteiger partial charge in [-0.05, 0) is 0 Å². The van der Waals surface area contributed by atoms with E-state index in [1.165, 1.54) is 0 Å². The summed E-state index contributed by atoms with van der Waals surface area (Å²) < 4.78 is 0. The van der Waals surface area contributed by atoms with Gasteiger partial charge >= 0.3 is 0 Å². The summed E-state index contributed by atoms with van der Waals surface area (Å²) in [5, 5.41) is 0. The summed E-state index contributed by atoms with van der Waals surface area (Å²) in [6.07, 6.45) is 0. The standard InChI is InChI=1S/Li.8H2S/h;8*1H2. The molecule has 0 aliphatic carbocycles. The molecule has 0 nitrogen and oxygen atoms in total. The first kappa shape index (κ1) is 140. The fourth-order valence-electron chi connectivity index (χ4n) is 0. The summed E-state index contributed by atoms with van der Waals surface area (Å²) in [6, 6.07) is 0. The van der Waals surface area contributed by atoms with E-state index in [1.54, 1.807) is 0 Å². The minimum absolute atomic E-state index is 0. The second-order valence-electron chi connectivity index (χ2n) is 0. The van der Waals surface area contributed by atoms with Crippen molar-refractivity contribution in [3.8, 4) is 0 Å². The summed E-state index contributed by atoms with van der Waals surface area (Å²) in [5.41, 5.74) is 0. The van der Waals surface area contributed by atoms with Crippen molar-refractivity contribution in [2.75, 3.05) is 0 Å². The van der Waals surface area contributed by atoms with Crippen molar-refractivity contribution in [3.05, 3.63) is 0 Å². The quantitative estimate of drug-likeness (QED) is 0.567. The number of hydrogen-bond donors (Lipinski definition) is 0. The topological polar surface area (TPSA) is 0 Å². The zero-order valence-corrected chi connectivity index (χ0v) is 13.0. The Hall–Kier alpha value is 3.40. The van der Waals surface area contributed by atoms with Gasteiger partial charge in [0.15, 0.2) is 0 Å². The fourth-order valence-corrected chi connectivity index (χ4v) is 0. The van der Waals surface area contributed by atoms with Crippen LogP contribution in [-0.2, 0) is 0 Å². The Morgan fingerprint density at radius 1 is 0.222 bits per heavy atom. The summed E-state index contributed by atoms with van der Waals surface area (Å²) in [4.78, 5) is 0. The summed E-state index contributed by atoms with van der Waals surface area (Å²) in [6.45, 7) is 0. The zero-order valence-electron chi connectivity index (χ0n) is 5.00. The fraction of sp³-hybridized carbons (Fsp3) is 0. The predicted octanol–water partition coefficient (Wildman–Crippen LogP) is 0.522. The van der Waals surface area contributed by atoms with Crippen molar-refractivity contribution in [1.82, 2.24) is 0 Å². The summed E-state index contributed by atoms with van der Waals surface area (Å²) in [7, 11) is 0. The van der Waals surface area contributed by atoms with Crippen molar-refractivity contribution in [1.29, 1.82) is 0 Å². The van der Waals surface area contributed by atoms with E-state index in [4.69, 9.17) is 0 Å². The van der Waals surface area contributed by atoms with Crippen molar-refractivity contribution in [3.63, 3.8) is 0 Å². The van der Waals surface area contributed by atoms with Gasteiger partial charge in [-0.2, -0.15) is 108 Å². The smallest absolute Gasteiger partial charge is 0 e. The molecule has 0 spiro atoms. The molecule has 0 aromatic carbocycles. The van der Waals surface area contributed by atoms with Crippen molar-refractivity contribution in [2.24, 2.45) is 0 Å². The van der Waals surface area contributed by atoms with Crippen LogP contribution in [0.5, 0.6) is 0 Å². The molecule has 0 aliphatic rings. The Balaban J connectivity index is 0. The molecule has 1 radical (unpaired) electrons. The molecule has 0 aromatic rings. The molecule has 0 heterocycles. The van der Waals surface area contributed by atoms with E-state index in [0.717, 1.165) is 0 Å². The monoisotopic (exact) mass is 279 g/mol. The summed E-state index contributed by atoms with van der Waals surface area (Å²) >= 11 is 0. The van der Waals surface area contributed by atoms with Gasteiger partial charge in [-0.25, -0.2) is 0 Å². The minimum Gasteiger partial charge on any atom is -0.197 e. The van der Waals surface area contributed by atoms with E-state index in [2.05, 4.69) is 0 Å². The molecular weight excluding hydrogens is 263 g/mol. The molecule has 0 N–H and O–H groups in total. The Kier molecular flexibility index (Phi) is 1650. The maximum absolute atomic E-state index is 0. The van der Waals surface area contributed by atoms with Crippen LogP contribution >= 0.6 is 108 Å². The number of rotatable bonds is 0. The predicted molar refractivity (Wildman–Crippen MR) is 88.8 cm³/mol. The molecule has 0 aromatic heterocycles. The third kappa shape index (κ3) is 87.2. The minimum atomic E-state index is 0. The molecule has 0 amide bonds. The molecule has 0 aliphatic heterocycles. The van der Waals surface area contributed by atoms with E-state index in [-0.39, 0.29) is 127 Å². The van der Waals surface area contributed by atoms with Crippen molar-refractivity contribution >= 4 is 127 Å². The van der Waals surface area contributed by atoms with E-state index >= 15 is 0 Å². The molecule has 0 atom stereocenters. The molecule has 0 saturated carbocycles. The van der Waals surface area contributed by atoms with Gasteiger partial charge in [-0.15, -0.1) is 0 Å². The van der Waals surface area contributed by atoms with Crippen LogP contribution in [0, 0.1) is 0 Å². The van der Waals surface area contributed by atoms with Crippen LogP contribution in [0.3, 0.4) is 0 Å². The van der Waals surface area contributed by atoms with Gasteiger partial charge in [0.25, 0.3) is 0 Å². The molecular formula is H16LiS8. The van der Waals surface area contributed by atoms with Gasteiger partial charge in [-0.1, -0.05) is 0 Å². The average Bonchev–Trinajstić information content (AvgIpc) is 0. The molecule has 9 heteroatoms. The van der Waals surface area contributed by atoms with Crippen molar-refractivity contribution in [2.45, 2.75) is 0 Å². The zero-order chi connectivity index (χ0) is 0. The van der Waals surface area contributed by atoms with Crippen LogP contribution in [-0.4, -0.2) is 18.9 Å². The second-order valence-corrected chi connectivity index (χ2v) is 0. The van der Waals surface area contributed by atoms with E-state index in [0.29, 0.717) is 0 Å². The Bertz CT molecular complexity index is 4.53. The van der Waals surface area contributed by atoms with Gasteiger partial charge in [0.1, 0.15) is 0 Å². The normalized spacial score (nSPS) is 0. The molecule has 65 valence electrons. The molecule has 0 saturated heterocycles. The second kappa shape index (κ2) is 107. The Morgan fingerprint density at radius 3 is 0.222 bits per heavy atom. The van der Waals surface area contributed by atoms with E-state index in [1.807, 2.05) is 0 Å². The van der Waals surface area contributed by atoms with Crippen molar-refractivity contribution < 1.29 is 0 Å².